The lowest BCUT2D eigenvalue weighted by Crippen LogP contribution is -2.11. The van der Waals surface area contributed by atoms with Crippen LogP contribution in [0, 0.1) is 23.5 Å². The van der Waals surface area contributed by atoms with E-state index in [0.29, 0.717) is 12.5 Å². The number of carboxylic acid groups (broad SMARTS) is 1. The molecule has 1 saturated carbocycles. The van der Waals surface area contributed by atoms with E-state index in [1.54, 1.807) is 6.07 Å². The predicted molar refractivity (Wildman–Crippen MR) is 120 cm³/mol. The van der Waals surface area contributed by atoms with Crippen molar-refractivity contribution in [2.75, 3.05) is 0 Å². The Morgan fingerprint density at radius 1 is 1.11 bits per heavy atom. The number of carboxylic acids is 1. The van der Waals surface area contributed by atoms with Crippen molar-refractivity contribution in [3.05, 3.63) is 76.5 Å². The summed E-state index contributed by atoms with van der Waals surface area (Å²) in [5, 5.41) is 22.2. The van der Waals surface area contributed by atoms with E-state index in [1.807, 2.05) is 0 Å². The second kappa shape index (κ2) is 8.57. The fourth-order valence-electron chi connectivity index (χ4n) is 5.18. The number of alkyl halides is 3. The van der Waals surface area contributed by atoms with Gasteiger partial charge in [0.25, 0.3) is 0 Å². The first kappa shape index (κ1) is 23.9. The number of rotatable bonds is 6. The first-order valence-electron chi connectivity index (χ1n) is 11.4. The maximum atomic E-state index is 15.0. The van der Waals surface area contributed by atoms with Crippen LogP contribution < -0.4 is 4.74 Å². The molecule has 0 spiro atoms. The molecule has 2 aromatic carbocycles. The number of fused-ring (bicyclic) bond motifs is 3. The summed E-state index contributed by atoms with van der Waals surface area (Å²) in [7, 11) is 0. The number of benzene rings is 2. The SMILES string of the molecule is O=C(O)C1C2Cc3cc(OCc4cc(-c5ccc(-c6nn[nH]n6)cc5F)c(C(F)(F)F)cc4F)ncc3C21. The monoisotopic (exact) mass is 529 g/mol. The number of hydrogen-bond donors (Lipinski definition) is 2. The zero-order chi connectivity index (χ0) is 26.8. The van der Waals surface area contributed by atoms with E-state index in [4.69, 9.17) is 4.74 Å². The van der Waals surface area contributed by atoms with Crippen LogP contribution in [0.25, 0.3) is 22.5 Å². The molecule has 1 fully saturated rings. The van der Waals surface area contributed by atoms with Crippen LogP contribution in [0.4, 0.5) is 22.0 Å². The number of tetrazole rings is 1. The molecule has 2 N–H and O–H groups in total. The van der Waals surface area contributed by atoms with Crippen LogP contribution in [0.2, 0.25) is 0 Å². The summed E-state index contributed by atoms with van der Waals surface area (Å²) in [6.07, 6.45) is -2.88. The third kappa shape index (κ3) is 4.03. The molecule has 2 aromatic heterocycles. The molecular formula is C25H16F5N5O3. The normalized spacial score (nSPS) is 19.7. The summed E-state index contributed by atoms with van der Waals surface area (Å²) < 4.78 is 76.6. The number of nitrogens with one attached hydrogen (secondary N) is 1. The van der Waals surface area contributed by atoms with Gasteiger partial charge in [-0.1, -0.05) is 12.1 Å². The van der Waals surface area contributed by atoms with Crippen LogP contribution in [0.3, 0.4) is 0 Å². The van der Waals surface area contributed by atoms with Crippen molar-refractivity contribution in [2.45, 2.75) is 25.1 Å². The van der Waals surface area contributed by atoms with Crippen molar-refractivity contribution in [2.24, 2.45) is 11.8 Å². The summed E-state index contributed by atoms with van der Waals surface area (Å²) in [6, 6.07) is 6.27. The molecule has 2 aliphatic rings. The Balaban J connectivity index is 1.29. The first-order valence-corrected chi connectivity index (χ1v) is 11.4. The van der Waals surface area contributed by atoms with Crippen molar-refractivity contribution in [1.29, 1.82) is 0 Å². The van der Waals surface area contributed by atoms with E-state index < -0.39 is 53.0 Å². The van der Waals surface area contributed by atoms with Crippen molar-refractivity contribution in [3.8, 4) is 28.4 Å². The highest BCUT2D eigenvalue weighted by atomic mass is 19.4. The van der Waals surface area contributed by atoms with Gasteiger partial charge in [-0.2, -0.15) is 18.4 Å². The van der Waals surface area contributed by atoms with Gasteiger partial charge in [0.05, 0.1) is 11.5 Å². The number of carbonyl (C=O) groups is 1. The van der Waals surface area contributed by atoms with Crippen LogP contribution in [-0.4, -0.2) is 36.7 Å². The minimum Gasteiger partial charge on any atom is -0.481 e. The second-order valence-electron chi connectivity index (χ2n) is 9.18. The summed E-state index contributed by atoms with van der Waals surface area (Å²) in [5.74, 6) is -3.33. The van der Waals surface area contributed by atoms with Crippen LogP contribution in [0.1, 0.15) is 28.2 Å². The van der Waals surface area contributed by atoms with Crippen LogP contribution in [-0.2, 0) is 24.0 Å². The first-order chi connectivity index (χ1) is 18.1. The molecule has 3 atom stereocenters. The summed E-state index contributed by atoms with van der Waals surface area (Å²) >= 11 is 0. The van der Waals surface area contributed by atoms with Gasteiger partial charge < -0.3 is 9.84 Å². The average Bonchev–Trinajstić information content (AvgIpc) is 3.18. The number of aromatic amines is 1. The molecule has 0 amide bonds. The Kier molecular flexibility index (Phi) is 5.40. The second-order valence-corrected chi connectivity index (χ2v) is 9.18. The Labute approximate surface area is 210 Å². The zero-order valence-electron chi connectivity index (χ0n) is 19.1. The van der Waals surface area contributed by atoms with E-state index in [1.165, 1.54) is 12.3 Å². The number of H-pyrrole nitrogens is 1. The summed E-state index contributed by atoms with van der Waals surface area (Å²) in [4.78, 5) is 15.4. The van der Waals surface area contributed by atoms with Gasteiger partial charge in [-0.05, 0) is 52.4 Å². The Morgan fingerprint density at radius 2 is 1.92 bits per heavy atom. The smallest absolute Gasteiger partial charge is 0.417 e. The molecule has 38 heavy (non-hydrogen) atoms. The van der Waals surface area contributed by atoms with Crippen LogP contribution >= 0.6 is 0 Å². The molecule has 2 aliphatic carbocycles. The van der Waals surface area contributed by atoms with E-state index in [9.17, 15) is 31.9 Å². The maximum absolute atomic E-state index is 15.0. The lowest BCUT2D eigenvalue weighted by atomic mass is 9.95. The maximum Gasteiger partial charge on any atom is 0.417 e. The minimum atomic E-state index is -4.95. The number of nitrogens with zero attached hydrogens (tertiary/aromatic N) is 4. The molecule has 0 radical (unpaired) electrons. The molecule has 8 nitrogen and oxygen atoms in total. The Hall–Kier alpha value is -4.42. The highest BCUT2D eigenvalue weighted by Gasteiger charge is 2.59. The molecule has 194 valence electrons. The van der Waals surface area contributed by atoms with Crippen molar-refractivity contribution in [1.82, 2.24) is 25.6 Å². The topological polar surface area (TPSA) is 114 Å². The quantitative estimate of drug-likeness (QED) is 0.346. The molecule has 4 aromatic rings. The molecular weight excluding hydrogens is 513 g/mol. The van der Waals surface area contributed by atoms with Gasteiger partial charge in [0.1, 0.15) is 18.2 Å². The molecule has 6 rings (SSSR count). The van der Waals surface area contributed by atoms with Gasteiger partial charge in [-0.15, -0.1) is 10.2 Å². The predicted octanol–water partition coefficient (Wildman–Crippen LogP) is 4.78. The van der Waals surface area contributed by atoms with Crippen LogP contribution in [0.5, 0.6) is 5.88 Å². The number of ether oxygens (including phenoxy) is 1. The molecule has 0 saturated heterocycles. The lowest BCUT2D eigenvalue weighted by Gasteiger charge is -2.17. The molecule has 13 heteroatoms. The standard InChI is InChI=1S/C25H16F5N5O3/c26-18-7-17(25(28,29)30)14(13-2-1-10(5-19(13)27)23-32-34-35-33-23)4-12(18)9-38-20-6-11-3-15-21(16(11)8-31-20)22(15)24(36)37/h1-2,4-8,15,21-22H,3,9H2,(H,36,37)(H,32,33,34,35). The minimum absolute atomic E-state index is 0.0100. The number of aliphatic carboxylic acids is 1. The van der Waals surface area contributed by atoms with E-state index in [-0.39, 0.29) is 34.7 Å². The van der Waals surface area contributed by atoms with E-state index in [0.717, 1.165) is 29.3 Å². The number of hydrogen-bond acceptors (Lipinski definition) is 6. The zero-order valence-corrected chi connectivity index (χ0v) is 19.1. The fraction of sp³-hybridized carbons (Fsp3) is 0.240. The van der Waals surface area contributed by atoms with Gasteiger partial charge in [-0.25, -0.2) is 13.8 Å². The number of pyridine rings is 1. The number of aromatic nitrogens is 5. The lowest BCUT2D eigenvalue weighted by molar-refractivity contribution is -0.139. The highest BCUT2D eigenvalue weighted by molar-refractivity contribution is 5.78. The Bertz CT molecular complexity index is 1570. The van der Waals surface area contributed by atoms with Gasteiger partial charge >= 0.3 is 12.1 Å². The molecule has 2 heterocycles. The third-order valence-electron chi connectivity index (χ3n) is 7.00. The summed E-state index contributed by atoms with van der Waals surface area (Å²) in [6.45, 7) is -0.462. The van der Waals surface area contributed by atoms with Crippen molar-refractivity contribution in [3.63, 3.8) is 0 Å². The Morgan fingerprint density at radius 3 is 2.61 bits per heavy atom. The van der Waals surface area contributed by atoms with Gasteiger partial charge in [0.2, 0.25) is 11.7 Å². The van der Waals surface area contributed by atoms with Crippen molar-refractivity contribution >= 4 is 5.97 Å². The fourth-order valence-corrected chi connectivity index (χ4v) is 5.18. The van der Waals surface area contributed by atoms with Gasteiger partial charge in [-0.3, -0.25) is 4.79 Å². The van der Waals surface area contributed by atoms with Crippen molar-refractivity contribution < 1.29 is 36.6 Å². The summed E-state index contributed by atoms with van der Waals surface area (Å²) in [5.41, 5.74) is -0.629. The largest absolute Gasteiger partial charge is 0.481 e. The van der Waals surface area contributed by atoms with E-state index in [2.05, 4.69) is 25.6 Å². The molecule has 0 aliphatic heterocycles. The average molecular weight is 529 g/mol. The van der Waals surface area contributed by atoms with Gasteiger partial charge in [0, 0.05) is 34.9 Å². The molecule has 0 bridgehead atoms. The van der Waals surface area contributed by atoms with Gasteiger partial charge in [0.15, 0.2) is 0 Å². The van der Waals surface area contributed by atoms with Crippen LogP contribution in [0.15, 0.2) is 42.6 Å². The van der Waals surface area contributed by atoms with E-state index >= 15 is 0 Å². The number of halogens is 5. The third-order valence-corrected chi connectivity index (χ3v) is 7.00. The highest BCUT2D eigenvalue weighted by Crippen LogP contribution is 2.61. The molecule has 3 unspecified atom stereocenters.